The quantitative estimate of drug-likeness (QED) is 0.602. The summed E-state index contributed by atoms with van der Waals surface area (Å²) < 4.78 is 7.47. The summed E-state index contributed by atoms with van der Waals surface area (Å²) in [7, 11) is 0. The van der Waals surface area contributed by atoms with Gasteiger partial charge in [0, 0.05) is 12.0 Å². The zero-order valence-corrected chi connectivity index (χ0v) is 8.37. The van der Waals surface area contributed by atoms with Crippen molar-refractivity contribution >= 4 is 0 Å². The van der Waals surface area contributed by atoms with Gasteiger partial charge >= 0.3 is 0 Å². The van der Waals surface area contributed by atoms with Gasteiger partial charge in [0.05, 0.1) is 6.61 Å². The Bertz CT molecular complexity index is 311. The second-order valence-corrected chi connectivity index (χ2v) is 4.39. The third-order valence-corrected chi connectivity index (χ3v) is 2.19. The zero-order chi connectivity index (χ0) is 9.47. The van der Waals surface area contributed by atoms with Gasteiger partial charge in [0.25, 0.3) is 0 Å². The van der Waals surface area contributed by atoms with Crippen molar-refractivity contribution in [1.29, 1.82) is 0 Å². The Labute approximate surface area is 77.9 Å². The van der Waals surface area contributed by atoms with Crippen molar-refractivity contribution in [1.82, 2.24) is 14.8 Å². The summed E-state index contributed by atoms with van der Waals surface area (Å²) in [6.45, 7) is 8.71. The maximum Gasteiger partial charge on any atom is 0.159 e. The first-order chi connectivity index (χ1) is 6.09. The second kappa shape index (κ2) is 2.80. The van der Waals surface area contributed by atoms with Crippen LogP contribution in [0.3, 0.4) is 0 Å². The van der Waals surface area contributed by atoms with E-state index in [4.69, 9.17) is 4.74 Å². The van der Waals surface area contributed by atoms with E-state index in [9.17, 15) is 0 Å². The Balaban J connectivity index is 2.43. The molecule has 0 radical (unpaired) electrons. The Kier molecular flexibility index (Phi) is 1.87. The summed E-state index contributed by atoms with van der Waals surface area (Å²) in [5.74, 6) is 2.02. The van der Waals surface area contributed by atoms with Crippen LogP contribution in [0.25, 0.3) is 0 Å². The minimum atomic E-state index is 0.0720. The molecular formula is C9H15N3O. The van der Waals surface area contributed by atoms with Gasteiger partial charge < -0.3 is 9.30 Å². The molecule has 4 nitrogen and oxygen atoms in total. The molecule has 0 fully saturated rings. The smallest absolute Gasteiger partial charge is 0.159 e. The summed E-state index contributed by atoms with van der Waals surface area (Å²) in [6, 6.07) is 0. The fraction of sp³-hybridized carbons (Fsp3) is 0.778. The molecule has 0 amide bonds. The van der Waals surface area contributed by atoms with E-state index >= 15 is 0 Å². The van der Waals surface area contributed by atoms with E-state index in [1.807, 2.05) is 0 Å². The van der Waals surface area contributed by atoms with Crippen LogP contribution in [-0.2, 0) is 23.3 Å². The van der Waals surface area contributed by atoms with Gasteiger partial charge in [0.1, 0.15) is 12.4 Å². The van der Waals surface area contributed by atoms with Crippen molar-refractivity contribution in [2.24, 2.45) is 0 Å². The van der Waals surface area contributed by atoms with Crippen molar-refractivity contribution < 1.29 is 4.74 Å². The predicted octanol–water partition coefficient (Wildman–Crippen LogP) is 1.11. The van der Waals surface area contributed by atoms with E-state index in [1.54, 1.807) is 0 Å². The normalized spacial score (nSPS) is 17.2. The third-order valence-electron chi connectivity index (χ3n) is 2.19. The van der Waals surface area contributed by atoms with Crippen molar-refractivity contribution in [3.63, 3.8) is 0 Å². The lowest BCUT2D eigenvalue weighted by Crippen LogP contribution is -2.24. The average molecular weight is 181 g/mol. The number of aromatic nitrogens is 3. The lowest BCUT2D eigenvalue weighted by molar-refractivity contribution is 0.0797. The fourth-order valence-electron chi connectivity index (χ4n) is 1.55. The highest BCUT2D eigenvalue weighted by atomic mass is 16.5. The lowest BCUT2D eigenvalue weighted by atomic mass is 9.95. The molecule has 13 heavy (non-hydrogen) atoms. The van der Waals surface area contributed by atoms with E-state index in [0.29, 0.717) is 6.61 Å². The van der Waals surface area contributed by atoms with Gasteiger partial charge in [-0.3, -0.25) is 0 Å². The fourth-order valence-corrected chi connectivity index (χ4v) is 1.55. The highest BCUT2D eigenvalue weighted by molar-refractivity contribution is 5.06. The number of rotatable bonds is 0. The predicted molar refractivity (Wildman–Crippen MR) is 48.4 cm³/mol. The molecule has 0 saturated heterocycles. The Morgan fingerprint density at radius 2 is 2.08 bits per heavy atom. The number of nitrogens with zero attached hydrogens (tertiary/aromatic N) is 3. The Hall–Kier alpha value is -0.900. The number of ether oxygens (including phenoxy) is 1. The molecule has 1 aliphatic rings. The SMILES string of the molecule is CC(C)(C)c1nnc2n1CCOC2. The third kappa shape index (κ3) is 1.46. The van der Waals surface area contributed by atoms with Crippen molar-refractivity contribution in [3.05, 3.63) is 11.6 Å². The molecule has 0 spiro atoms. The van der Waals surface area contributed by atoms with E-state index < -0.39 is 0 Å². The van der Waals surface area contributed by atoms with Crippen LogP contribution in [0, 0.1) is 0 Å². The van der Waals surface area contributed by atoms with Crippen LogP contribution in [0.15, 0.2) is 0 Å². The molecule has 0 saturated carbocycles. The van der Waals surface area contributed by atoms with E-state index in [1.165, 1.54) is 0 Å². The van der Waals surface area contributed by atoms with Gasteiger partial charge in [-0.2, -0.15) is 0 Å². The maximum atomic E-state index is 5.30. The van der Waals surface area contributed by atoms with Crippen LogP contribution in [0.5, 0.6) is 0 Å². The molecular weight excluding hydrogens is 166 g/mol. The number of hydrogen-bond acceptors (Lipinski definition) is 3. The molecule has 72 valence electrons. The van der Waals surface area contributed by atoms with Gasteiger partial charge in [-0.1, -0.05) is 20.8 Å². The standard InChI is InChI=1S/C9H15N3O/c1-9(2,3)8-11-10-7-6-13-5-4-12(7)8/h4-6H2,1-3H3. The first-order valence-corrected chi connectivity index (χ1v) is 4.59. The van der Waals surface area contributed by atoms with Crippen molar-refractivity contribution in [2.45, 2.75) is 39.3 Å². The summed E-state index contributed by atoms with van der Waals surface area (Å²) in [4.78, 5) is 0. The van der Waals surface area contributed by atoms with Crippen LogP contribution in [0.2, 0.25) is 0 Å². The first kappa shape index (κ1) is 8.69. The molecule has 1 aromatic rings. The number of hydrogen-bond donors (Lipinski definition) is 0. The van der Waals surface area contributed by atoms with Gasteiger partial charge in [-0.05, 0) is 0 Å². The highest BCUT2D eigenvalue weighted by Gasteiger charge is 2.25. The van der Waals surface area contributed by atoms with Crippen molar-refractivity contribution in [2.75, 3.05) is 6.61 Å². The van der Waals surface area contributed by atoms with Gasteiger partial charge in [-0.15, -0.1) is 10.2 Å². The molecule has 0 bridgehead atoms. The topological polar surface area (TPSA) is 39.9 Å². The van der Waals surface area contributed by atoms with E-state index in [2.05, 4.69) is 35.5 Å². The molecule has 1 aliphatic heterocycles. The van der Waals surface area contributed by atoms with Crippen LogP contribution < -0.4 is 0 Å². The summed E-state index contributed by atoms with van der Waals surface area (Å²) in [6.07, 6.45) is 0. The number of fused-ring (bicyclic) bond motifs is 1. The molecule has 1 aromatic heterocycles. The van der Waals surface area contributed by atoms with Crippen LogP contribution in [0.1, 0.15) is 32.4 Å². The van der Waals surface area contributed by atoms with Gasteiger partial charge in [-0.25, -0.2) is 0 Å². The zero-order valence-electron chi connectivity index (χ0n) is 8.37. The van der Waals surface area contributed by atoms with Crippen LogP contribution in [0.4, 0.5) is 0 Å². The van der Waals surface area contributed by atoms with E-state index in [0.717, 1.165) is 24.8 Å². The molecule has 0 unspecified atom stereocenters. The van der Waals surface area contributed by atoms with E-state index in [-0.39, 0.29) is 5.41 Å². The first-order valence-electron chi connectivity index (χ1n) is 4.59. The monoisotopic (exact) mass is 181 g/mol. The molecule has 4 heteroatoms. The van der Waals surface area contributed by atoms with Gasteiger partial charge in [0.15, 0.2) is 5.82 Å². The molecule has 2 heterocycles. The molecule has 0 aliphatic carbocycles. The van der Waals surface area contributed by atoms with Gasteiger partial charge in [0.2, 0.25) is 0 Å². The largest absolute Gasteiger partial charge is 0.372 e. The van der Waals surface area contributed by atoms with Crippen molar-refractivity contribution in [3.8, 4) is 0 Å². The minimum absolute atomic E-state index is 0.0720. The summed E-state index contributed by atoms with van der Waals surface area (Å²) >= 11 is 0. The Morgan fingerprint density at radius 3 is 2.77 bits per heavy atom. The molecule has 2 rings (SSSR count). The lowest BCUT2D eigenvalue weighted by Gasteiger charge is -2.22. The summed E-state index contributed by atoms with van der Waals surface area (Å²) in [5.41, 5.74) is 0.0720. The summed E-state index contributed by atoms with van der Waals surface area (Å²) in [5, 5.41) is 8.31. The average Bonchev–Trinajstić information content (AvgIpc) is 2.45. The Morgan fingerprint density at radius 1 is 1.31 bits per heavy atom. The minimum Gasteiger partial charge on any atom is -0.372 e. The molecule has 0 aromatic carbocycles. The molecule has 0 atom stereocenters. The van der Waals surface area contributed by atoms with Crippen LogP contribution in [-0.4, -0.2) is 21.4 Å². The molecule has 0 N–H and O–H groups in total. The maximum absolute atomic E-state index is 5.30. The highest BCUT2D eigenvalue weighted by Crippen LogP contribution is 2.22. The second-order valence-electron chi connectivity index (χ2n) is 4.39. The van der Waals surface area contributed by atoms with Crippen LogP contribution >= 0.6 is 0 Å².